The molecule has 0 amide bonds. The molecule has 0 spiro atoms. The summed E-state index contributed by atoms with van der Waals surface area (Å²) in [6.45, 7) is 5.15. The highest BCUT2D eigenvalue weighted by atomic mass is 32.1. The third kappa shape index (κ3) is 2.42. The second kappa shape index (κ2) is 4.83. The molecule has 0 radical (unpaired) electrons. The van der Waals surface area contributed by atoms with Crippen molar-refractivity contribution >= 4 is 23.1 Å². The zero-order chi connectivity index (χ0) is 10.7. The summed E-state index contributed by atoms with van der Waals surface area (Å²) in [5.74, 6) is 0. The summed E-state index contributed by atoms with van der Waals surface area (Å²) in [7, 11) is 0. The highest BCUT2D eigenvalue weighted by Gasteiger charge is 2.16. The largest absolute Gasteiger partial charge is 0.305 e. The molecule has 0 aliphatic carbocycles. The Morgan fingerprint density at radius 3 is 2.93 bits per heavy atom. The fraction of sp³-hybridized carbons (Fsp3) is 0.400. The molecule has 1 atom stereocenters. The molecule has 5 heteroatoms. The van der Waals surface area contributed by atoms with Crippen molar-refractivity contribution in [2.45, 2.75) is 19.9 Å². The Hall–Kier alpha value is -0.780. The summed E-state index contributed by atoms with van der Waals surface area (Å²) in [4.78, 5) is 1.33. The van der Waals surface area contributed by atoms with Crippen molar-refractivity contribution in [3.05, 3.63) is 33.8 Å². The molecule has 3 nitrogen and oxygen atoms in total. The molecule has 1 N–H and O–H groups in total. The van der Waals surface area contributed by atoms with Crippen LogP contribution < -0.4 is 5.32 Å². The van der Waals surface area contributed by atoms with E-state index >= 15 is 0 Å². The summed E-state index contributed by atoms with van der Waals surface area (Å²) >= 11 is 3.03. The smallest absolute Gasteiger partial charge is 0.0957 e. The topological polar surface area (TPSA) is 37.8 Å². The first-order valence-corrected chi connectivity index (χ1v) is 6.48. The van der Waals surface area contributed by atoms with E-state index in [-0.39, 0.29) is 6.04 Å². The standard InChI is InChI=1S/C10H13N3S2/c1-3-11-10(9-5-12-15-13-9)8-4-7(2)14-6-8/h4-6,10-11H,3H2,1-2H3. The molecular formula is C10H13N3S2. The molecule has 0 saturated heterocycles. The van der Waals surface area contributed by atoms with Crippen molar-refractivity contribution in [2.75, 3.05) is 6.54 Å². The molecule has 80 valence electrons. The number of aryl methyl sites for hydroxylation is 1. The summed E-state index contributed by atoms with van der Waals surface area (Å²) in [5, 5.41) is 5.61. The molecule has 2 aromatic rings. The summed E-state index contributed by atoms with van der Waals surface area (Å²) in [6, 6.07) is 2.40. The normalized spacial score (nSPS) is 12.9. The lowest BCUT2D eigenvalue weighted by Gasteiger charge is -2.13. The van der Waals surface area contributed by atoms with Crippen molar-refractivity contribution in [1.29, 1.82) is 0 Å². The zero-order valence-corrected chi connectivity index (χ0v) is 10.4. The minimum Gasteiger partial charge on any atom is -0.305 e. The predicted molar refractivity (Wildman–Crippen MR) is 64.5 cm³/mol. The molecule has 2 heterocycles. The molecule has 2 rings (SSSR count). The highest BCUT2D eigenvalue weighted by Crippen LogP contribution is 2.25. The van der Waals surface area contributed by atoms with Crippen LogP contribution in [-0.4, -0.2) is 15.3 Å². The minimum absolute atomic E-state index is 0.193. The van der Waals surface area contributed by atoms with Gasteiger partial charge < -0.3 is 5.32 Å². The molecule has 15 heavy (non-hydrogen) atoms. The monoisotopic (exact) mass is 239 g/mol. The van der Waals surface area contributed by atoms with Gasteiger partial charge in [0.05, 0.1) is 29.7 Å². The number of hydrogen-bond donors (Lipinski definition) is 1. The molecule has 0 aromatic carbocycles. The predicted octanol–water partition coefficient (Wildman–Crippen LogP) is 2.61. The van der Waals surface area contributed by atoms with Gasteiger partial charge in [-0.2, -0.15) is 8.75 Å². The van der Waals surface area contributed by atoms with E-state index in [4.69, 9.17) is 0 Å². The van der Waals surface area contributed by atoms with E-state index in [0.29, 0.717) is 0 Å². The van der Waals surface area contributed by atoms with Gasteiger partial charge in [0.15, 0.2) is 0 Å². The maximum Gasteiger partial charge on any atom is 0.0957 e. The van der Waals surface area contributed by atoms with Gasteiger partial charge in [0, 0.05) is 4.88 Å². The van der Waals surface area contributed by atoms with Crippen LogP contribution >= 0.6 is 23.1 Å². The molecule has 0 aliphatic rings. The van der Waals surface area contributed by atoms with Gasteiger partial charge in [0.1, 0.15) is 0 Å². The lowest BCUT2D eigenvalue weighted by atomic mass is 10.1. The molecule has 1 unspecified atom stereocenters. The average Bonchev–Trinajstić information content (AvgIpc) is 2.85. The Bertz CT molecular complexity index is 408. The van der Waals surface area contributed by atoms with Gasteiger partial charge in [-0.15, -0.1) is 11.3 Å². The fourth-order valence-electron chi connectivity index (χ4n) is 1.51. The number of nitrogens with zero attached hydrogens (tertiary/aromatic N) is 2. The first-order chi connectivity index (χ1) is 7.31. The summed E-state index contributed by atoms with van der Waals surface area (Å²) in [5.41, 5.74) is 2.30. The van der Waals surface area contributed by atoms with Gasteiger partial charge in [-0.3, -0.25) is 0 Å². The van der Waals surface area contributed by atoms with Crippen LogP contribution in [0.25, 0.3) is 0 Å². The SMILES string of the molecule is CCNC(c1csc(C)c1)c1cnsn1. The van der Waals surface area contributed by atoms with Crippen LogP contribution in [0.1, 0.15) is 29.1 Å². The number of rotatable bonds is 4. The Morgan fingerprint density at radius 1 is 1.53 bits per heavy atom. The van der Waals surface area contributed by atoms with Crippen molar-refractivity contribution in [2.24, 2.45) is 0 Å². The molecule has 0 fully saturated rings. The maximum absolute atomic E-state index is 4.29. The van der Waals surface area contributed by atoms with E-state index < -0.39 is 0 Å². The number of nitrogens with one attached hydrogen (secondary N) is 1. The second-order valence-corrected chi connectivity index (χ2v) is 4.99. The first kappa shape index (κ1) is 10.7. The molecule has 0 saturated carbocycles. The van der Waals surface area contributed by atoms with E-state index in [2.05, 4.69) is 39.4 Å². The molecular weight excluding hydrogens is 226 g/mol. The molecule has 2 aromatic heterocycles. The quantitative estimate of drug-likeness (QED) is 0.891. The van der Waals surface area contributed by atoms with Gasteiger partial charge in [0.25, 0.3) is 0 Å². The Balaban J connectivity index is 2.27. The third-order valence-corrected chi connectivity index (χ3v) is 3.54. The van der Waals surface area contributed by atoms with Crippen LogP contribution in [0.15, 0.2) is 17.6 Å². The van der Waals surface area contributed by atoms with Gasteiger partial charge in [0.2, 0.25) is 0 Å². The number of thiophene rings is 1. The van der Waals surface area contributed by atoms with Crippen LogP contribution in [0.2, 0.25) is 0 Å². The zero-order valence-electron chi connectivity index (χ0n) is 8.73. The average molecular weight is 239 g/mol. The van der Waals surface area contributed by atoms with Gasteiger partial charge in [-0.1, -0.05) is 6.92 Å². The Labute approximate surface area is 97.5 Å². The minimum atomic E-state index is 0.193. The third-order valence-electron chi connectivity index (χ3n) is 2.17. The van der Waals surface area contributed by atoms with Gasteiger partial charge in [-0.05, 0) is 30.5 Å². The van der Waals surface area contributed by atoms with Crippen LogP contribution in [0.3, 0.4) is 0 Å². The summed E-state index contributed by atoms with van der Waals surface area (Å²) < 4.78 is 8.35. The lowest BCUT2D eigenvalue weighted by molar-refractivity contribution is 0.621. The lowest BCUT2D eigenvalue weighted by Crippen LogP contribution is -2.21. The summed E-state index contributed by atoms with van der Waals surface area (Å²) in [6.07, 6.45) is 1.84. The Morgan fingerprint density at radius 2 is 2.40 bits per heavy atom. The molecule has 0 aliphatic heterocycles. The van der Waals surface area contributed by atoms with Gasteiger partial charge >= 0.3 is 0 Å². The van der Waals surface area contributed by atoms with E-state index in [9.17, 15) is 0 Å². The molecule has 0 bridgehead atoms. The van der Waals surface area contributed by atoms with Crippen LogP contribution in [0, 0.1) is 6.92 Å². The Kier molecular flexibility index (Phi) is 3.45. The van der Waals surface area contributed by atoms with Crippen molar-refractivity contribution in [3.63, 3.8) is 0 Å². The van der Waals surface area contributed by atoms with Crippen molar-refractivity contribution in [3.8, 4) is 0 Å². The fourth-order valence-corrected chi connectivity index (χ4v) is 2.69. The van der Waals surface area contributed by atoms with E-state index in [0.717, 1.165) is 12.2 Å². The van der Waals surface area contributed by atoms with Crippen molar-refractivity contribution < 1.29 is 0 Å². The van der Waals surface area contributed by atoms with Crippen molar-refractivity contribution in [1.82, 2.24) is 14.1 Å². The van der Waals surface area contributed by atoms with Crippen LogP contribution in [0.4, 0.5) is 0 Å². The van der Waals surface area contributed by atoms with Gasteiger partial charge in [-0.25, -0.2) is 0 Å². The van der Waals surface area contributed by atoms with Crippen LogP contribution in [-0.2, 0) is 0 Å². The van der Waals surface area contributed by atoms with E-state index in [1.165, 1.54) is 22.2 Å². The first-order valence-electron chi connectivity index (χ1n) is 4.87. The highest BCUT2D eigenvalue weighted by molar-refractivity contribution is 7.10. The second-order valence-electron chi connectivity index (χ2n) is 3.31. The number of aromatic nitrogens is 2. The maximum atomic E-state index is 4.29. The van der Waals surface area contributed by atoms with E-state index in [1.807, 2.05) is 6.20 Å². The number of hydrogen-bond acceptors (Lipinski definition) is 5. The van der Waals surface area contributed by atoms with E-state index in [1.54, 1.807) is 11.3 Å². The van der Waals surface area contributed by atoms with Crippen LogP contribution in [0.5, 0.6) is 0 Å².